The average molecular weight is 357 g/mol. The molecule has 0 aliphatic carbocycles. The molecule has 0 atom stereocenters. The van der Waals surface area contributed by atoms with Crippen LogP contribution in [0.15, 0.2) is 29.6 Å². The molecular formula is C19H23N3O2S. The van der Waals surface area contributed by atoms with E-state index in [1.54, 1.807) is 11.3 Å². The number of amides is 2. The van der Waals surface area contributed by atoms with Crippen molar-refractivity contribution in [3.63, 3.8) is 0 Å². The highest BCUT2D eigenvalue weighted by Crippen LogP contribution is 2.20. The summed E-state index contributed by atoms with van der Waals surface area (Å²) in [6.07, 6.45) is 1.42. The number of likely N-dealkylation sites (tertiary alicyclic amines) is 1. The zero-order valence-electron chi connectivity index (χ0n) is 14.6. The minimum atomic E-state index is -0.0259. The lowest BCUT2D eigenvalue weighted by atomic mass is 9.95. The Balaban J connectivity index is 1.50. The van der Waals surface area contributed by atoms with Crippen LogP contribution >= 0.6 is 11.3 Å². The quantitative estimate of drug-likeness (QED) is 0.915. The Labute approximate surface area is 152 Å². The highest BCUT2D eigenvalue weighted by molar-refractivity contribution is 7.09. The van der Waals surface area contributed by atoms with E-state index in [1.807, 2.05) is 48.4 Å². The number of hydrogen-bond acceptors (Lipinski definition) is 4. The molecule has 1 fully saturated rings. The molecule has 5 nitrogen and oxygen atoms in total. The topological polar surface area (TPSA) is 62.3 Å². The average Bonchev–Trinajstić information content (AvgIpc) is 3.05. The van der Waals surface area contributed by atoms with Crippen LogP contribution in [0, 0.1) is 19.8 Å². The molecule has 1 aliphatic rings. The van der Waals surface area contributed by atoms with Gasteiger partial charge in [0.2, 0.25) is 5.91 Å². The summed E-state index contributed by atoms with van der Waals surface area (Å²) in [5.74, 6) is 0.105. The number of aryl methyl sites for hydroxylation is 2. The van der Waals surface area contributed by atoms with Gasteiger partial charge in [0.25, 0.3) is 5.91 Å². The van der Waals surface area contributed by atoms with Crippen molar-refractivity contribution < 1.29 is 9.59 Å². The summed E-state index contributed by atoms with van der Waals surface area (Å²) in [4.78, 5) is 31.2. The van der Waals surface area contributed by atoms with Gasteiger partial charge < -0.3 is 10.2 Å². The van der Waals surface area contributed by atoms with Crippen LogP contribution in [0.25, 0.3) is 0 Å². The fourth-order valence-electron chi connectivity index (χ4n) is 3.12. The van der Waals surface area contributed by atoms with Crippen molar-refractivity contribution in [2.75, 3.05) is 13.1 Å². The van der Waals surface area contributed by atoms with E-state index >= 15 is 0 Å². The Bertz CT molecular complexity index is 764. The van der Waals surface area contributed by atoms with Crippen LogP contribution in [0.2, 0.25) is 0 Å². The zero-order chi connectivity index (χ0) is 17.8. The Kier molecular flexibility index (Phi) is 5.48. The second-order valence-corrected chi connectivity index (χ2v) is 7.42. The molecule has 1 saturated heterocycles. The van der Waals surface area contributed by atoms with Gasteiger partial charge in [-0.05, 0) is 38.3 Å². The smallest absolute Gasteiger partial charge is 0.254 e. The summed E-state index contributed by atoms with van der Waals surface area (Å²) < 4.78 is 0. The molecule has 0 bridgehead atoms. The van der Waals surface area contributed by atoms with Gasteiger partial charge in [-0.3, -0.25) is 9.59 Å². The van der Waals surface area contributed by atoms with Gasteiger partial charge in [0.1, 0.15) is 5.01 Å². The third-order valence-electron chi connectivity index (χ3n) is 4.61. The number of carbonyl (C=O) groups excluding carboxylic acids is 2. The number of thiazole rings is 1. The van der Waals surface area contributed by atoms with Crippen molar-refractivity contribution in [3.05, 3.63) is 51.5 Å². The number of piperidine rings is 1. The second-order valence-electron chi connectivity index (χ2n) is 6.48. The molecule has 6 heteroatoms. The number of aromatic nitrogens is 1. The number of carbonyl (C=O) groups is 2. The van der Waals surface area contributed by atoms with Crippen LogP contribution in [0.5, 0.6) is 0 Å². The predicted octanol–water partition coefficient (Wildman–Crippen LogP) is 2.93. The van der Waals surface area contributed by atoms with Gasteiger partial charge in [0.05, 0.1) is 6.54 Å². The molecule has 132 valence electrons. The number of nitrogens with zero attached hydrogens (tertiary/aromatic N) is 2. The van der Waals surface area contributed by atoms with Gasteiger partial charge in [0.15, 0.2) is 0 Å². The van der Waals surface area contributed by atoms with E-state index in [2.05, 4.69) is 10.3 Å². The summed E-state index contributed by atoms with van der Waals surface area (Å²) in [6.45, 7) is 5.64. The lowest BCUT2D eigenvalue weighted by Gasteiger charge is -2.31. The maximum atomic E-state index is 12.6. The molecule has 2 aromatic rings. The van der Waals surface area contributed by atoms with Crippen LogP contribution in [-0.4, -0.2) is 34.8 Å². The molecule has 0 radical (unpaired) electrons. The van der Waals surface area contributed by atoms with Crippen molar-refractivity contribution in [1.82, 2.24) is 15.2 Å². The lowest BCUT2D eigenvalue weighted by Crippen LogP contribution is -2.43. The maximum absolute atomic E-state index is 12.6. The molecular weight excluding hydrogens is 334 g/mol. The van der Waals surface area contributed by atoms with Crippen LogP contribution < -0.4 is 5.32 Å². The Morgan fingerprint density at radius 2 is 1.96 bits per heavy atom. The third-order valence-corrected chi connectivity index (χ3v) is 5.58. The van der Waals surface area contributed by atoms with Gasteiger partial charge in [-0.15, -0.1) is 11.3 Å². The summed E-state index contributed by atoms with van der Waals surface area (Å²) in [5, 5.41) is 5.88. The SMILES string of the molecule is Cc1csc(CNC(=O)C2CCN(C(=O)c3ccccc3C)CC2)n1. The van der Waals surface area contributed by atoms with E-state index in [0.717, 1.165) is 21.8 Å². The van der Waals surface area contributed by atoms with Gasteiger partial charge >= 0.3 is 0 Å². The lowest BCUT2D eigenvalue weighted by molar-refractivity contribution is -0.126. The zero-order valence-corrected chi connectivity index (χ0v) is 15.4. The number of rotatable bonds is 4. The summed E-state index contributed by atoms with van der Waals surface area (Å²) in [7, 11) is 0. The Morgan fingerprint density at radius 1 is 1.24 bits per heavy atom. The monoisotopic (exact) mass is 357 g/mol. The number of nitrogens with one attached hydrogen (secondary N) is 1. The van der Waals surface area contributed by atoms with Crippen LogP contribution in [0.1, 0.15) is 39.5 Å². The van der Waals surface area contributed by atoms with Gasteiger partial charge in [0, 0.05) is 35.6 Å². The van der Waals surface area contributed by atoms with Crippen molar-refractivity contribution >= 4 is 23.2 Å². The van der Waals surface area contributed by atoms with E-state index in [9.17, 15) is 9.59 Å². The molecule has 0 saturated carbocycles. The second kappa shape index (κ2) is 7.78. The molecule has 1 aromatic heterocycles. The number of benzene rings is 1. The minimum absolute atomic E-state index is 0.0259. The van der Waals surface area contributed by atoms with E-state index < -0.39 is 0 Å². The van der Waals surface area contributed by atoms with E-state index in [4.69, 9.17) is 0 Å². The molecule has 0 unspecified atom stereocenters. The van der Waals surface area contributed by atoms with Gasteiger partial charge in [-0.1, -0.05) is 18.2 Å². The minimum Gasteiger partial charge on any atom is -0.349 e. The summed E-state index contributed by atoms with van der Waals surface area (Å²) in [5.41, 5.74) is 2.73. The normalized spacial score (nSPS) is 15.2. The first-order chi connectivity index (χ1) is 12.0. The predicted molar refractivity (Wildman–Crippen MR) is 98.5 cm³/mol. The molecule has 25 heavy (non-hydrogen) atoms. The van der Waals surface area contributed by atoms with Crippen molar-refractivity contribution in [2.24, 2.45) is 5.92 Å². The fourth-order valence-corrected chi connectivity index (χ4v) is 3.83. The van der Waals surface area contributed by atoms with Gasteiger partial charge in [-0.25, -0.2) is 4.98 Å². The molecule has 1 aromatic carbocycles. The van der Waals surface area contributed by atoms with Crippen molar-refractivity contribution in [3.8, 4) is 0 Å². The molecule has 2 heterocycles. The van der Waals surface area contributed by atoms with E-state index in [1.165, 1.54) is 0 Å². The van der Waals surface area contributed by atoms with E-state index in [-0.39, 0.29) is 17.7 Å². The van der Waals surface area contributed by atoms with Crippen LogP contribution in [0.3, 0.4) is 0 Å². The fraction of sp³-hybridized carbons (Fsp3) is 0.421. The van der Waals surface area contributed by atoms with Crippen LogP contribution in [-0.2, 0) is 11.3 Å². The van der Waals surface area contributed by atoms with Crippen molar-refractivity contribution in [2.45, 2.75) is 33.2 Å². The Morgan fingerprint density at radius 3 is 2.60 bits per heavy atom. The van der Waals surface area contributed by atoms with Crippen molar-refractivity contribution in [1.29, 1.82) is 0 Å². The first-order valence-corrected chi connectivity index (χ1v) is 9.46. The molecule has 3 rings (SSSR count). The highest BCUT2D eigenvalue weighted by atomic mass is 32.1. The molecule has 1 aliphatic heterocycles. The maximum Gasteiger partial charge on any atom is 0.254 e. The standard InChI is InChI=1S/C19H23N3O2S/c1-13-5-3-4-6-16(13)19(24)22-9-7-15(8-10-22)18(23)20-11-17-21-14(2)12-25-17/h3-6,12,15H,7-11H2,1-2H3,(H,20,23). The highest BCUT2D eigenvalue weighted by Gasteiger charge is 2.28. The Hall–Kier alpha value is -2.21. The first kappa shape index (κ1) is 17.6. The number of hydrogen-bond donors (Lipinski definition) is 1. The van der Waals surface area contributed by atoms with Crippen LogP contribution in [0.4, 0.5) is 0 Å². The summed E-state index contributed by atoms with van der Waals surface area (Å²) >= 11 is 1.56. The third kappa shape index (κ3) is 4.25. The van der Waals surface area contributed by atoms with Gasteiger partial charge in [-0.2, -0.15) is 0 Å². The largest absolute Gasteiger partial charge is 0.349 e. The first-order valence-electron chi connectivity index (χ1n) is 8.58. The molecule has 0 spiro atoms. The molecule has 2 amide bonds. The summed E-state index contributed by atoms with van der Waals surface area (Å²) in [6, 6.07) is 7.65. The molecule has 1 N–H and O–H groups in total. The van der Waals surface area contributed by atoms with E-state index in [0.29, 0.717) is 32.5 Å².